The van der Waals surface area contributed by atoms with E-state index in [1.165, 1.54) is 12.8 Å². The summed E-state index contributed by atoms with van der Waals surface area (Å²) in [5.74, 6) is 0.672. The molecule has 1 aliphatic heterocycles. The molecule has 2 heterocycles. The molecule has 17 heavy (non-hydrogen) atoms. The van der Waals surface area contributed by atoms with Crippen molar-refractivity contribution in [3.05, 3.63) is 17.8 Å². The molecule has 0 spiro atoms. The Hall–Kier alpha value is -0.940. The number of hydrogen-bond donors (Lipinski definition) is 2. The number of ether oxygens (including phenoxy) is 1. The molecule has 4 nitrogen and oxygen atoms in total. The number of pyridine rings is 1. The molecule has 0 radical (unpaired) electrons. The summed E-state index contributed by atoms with van der Waals surface area (Å²) < 4.78 is 5.16. The SMILES string of the molecule is COc1cc(N[C@H]2CCCNC2)cc(C)n1.S. The predicted octanol–water partition coefficient (Wildman–Crippen LogP) is 1.68. The van der Waals surface area contributed by atoms with E-state index < -0.39 is 0 Å². The fourth-order valence-electron chi connectivity index (χ4n) is 2.04. The third-order valence-corrected chi connectivity index (χ3v) is 2.81. The Labute approximate surface area is 110 Å². The smallest absolute Gasteiger partial charge is 0.215 e. The molecule has 0 saturated carbocycles. The van der Waals surface area contributed by atoms with E-state index >= 15 is 0 Å². The van der Waals surface area contributed by atoms with Gasteiger partial charge in [-0.05, 0) is 32.4 Å². The van der Waals surface area contributed by atoms with Crippen LogP contribution in [0.4, 0.5) is 5.69 Å². The zero-order chi connectivity index (χ0) is 11.4. The van der Waals surface area contributed by atoms with Crippen LogP contribution in [0.5, 0.6) is 5.88 Å². The Morgan fingerprint density at radius 1 is 1.47 bits per heavy atom. The lowest BCUT2D eigenvalue weighted by Gasteiger charge is -2.25. The topological polar surface area (TPSA) is 46.2 Å². The van der Waals surface area contributed by atoms with Gasteiger partial charge in [0.25, 0.3) is 0 Å². The molecule has 2 rings (SSSR count). The highest BCUT2D eigenvalue weighted by Gasteiger charge is 2.12. The van der Waals surface area contributed by atoms with Gasteiger partial charge in [0, 0.05) is 30.0 Å². The van der Waals surface area contributed by atoms with Crippen molar-refractivity contribution < 1.29 is 4.74 Å². The molecule has 0 bridgehead atoms. The van der Waals surface area contributed by atoms with Crippen LogP contribution in [0.1, 0.15) is 18.5 Å². The fraction of sp³-hybridized carbons (Fsp3) is 0.583. The van der Waals surface area contributed by atoms with E-state index in [2.05, 4.69) is 21.7 Å². The first kappa shape index (κ1) is 14.1. The third kappa shape index (κ3) is 4.09. The normalized spacial score (nSPS) is 19.3. The van der Waals surface area contributed by atoms with Crippen molar-refractivity contribution in [3.63, 3.8) is 0 Å². The van der Waals surface area contributed by atoms with Crippen molar-refractivity contribution >= 4 is 19.2 Å². The minimum absolute atomic E-state index is 0. The first-order chi connectivity index (χ1) is 7.78. The number of nitrogens with one attached hydrogen (secondary N) is 2. The van der Waals surface area contributed by atoms with Crippen molar-refractivity contribution in [2.24, 2.45) is 0 Å². The summed E-state index contributed by atoms with van der Waals surface area (Å²) in [6, 6.07) is 4.51. The molecule has 0 aliphatic carbocycles. The van der Waals surface area contributed by atoms with Crippen molar-refractivity contribution in [1.82, 2.24) is 10.3 Å². The molecule has 2 N–H and O–H groups in total. The summed E-state index contributed by atoms with van der Waals surface area (Å²) >= 11 is 0. The van der Waals surface area contributed by atoms with Crippen LogP contribution in [0.2, 0.25) is 0 Å². The van der Waals surface area contributed by atoms with E-state index in [0.29, 0.717) is 11.9 Å². The summed E-state index contributed by atoms with van der Waals surface area (Å²) in [5.41, 5.74) is 2.07. The number of methoxy groups -OCH3 is 1. The minimum Gasteiger partial charge on any atom is -0.481 e. The van der Waals surface area contributed by atoms with Gasteiger partial charge < -0.3 is 15.4 Å². The lowest BCUT2D eigenvalue weighted by Crippen LogP contribution is -2.38. The first-order valence-corrected chi connectivity index (χ1v) is 5.78. The number of aryl methyl sites for hydroxylation is 1. The van der Waals surface area contributed by atoms with Gasteiger partial charge in [-0.1, -0.05) is 0 Å². The highest BCUT2D eigenvalue weighted by Crippen LogP contribution is 2.18. The number of aromatic nitrogens is 1. The standard InChI is InChI=1S/C12H19N3O.H2S/c1-9-6-11(7-12(14-9)16-2)15-10-4-3-5-13-8-10;/h6-7,10,13H,3-5,8H2,1-2H3,(H,14,15);1H2/t10-;/m0./s1. The maximum absolute atomic E-state index is 5.16. The number of anilines is 1. The van der Waals surface area contributed by atoms with Crippen LogP contribution in [-0.4, -0.2) is 31.2 Å². The Kier molecular flexibility index (Phi) is 5.58. The summed E-state index contributed by atoms with van der Waals surface area (Å²) in [4.78, 5) is 4.27. The van der Waals surface area contributed by atoms with Gasteiger partial charge in [-0.2, -0.15) is 13.5 Å². The number of nitrogens with zero attached hydrogens (tertiary/aromatic N) is 1. The predicted molar refractivity (Wildman–Crippen MR) is 75.4 cm³/mol. The zero-order valence-corrected chi connectivity index (χ0v) is 11.4. The molecule has 1 fully saturated rings. The molecule has 0 aromatic carbocycles. The lowest BCUT2D eigenvalue weighted by atomic mass is 10.1. The summed E-state index contributed by atoms with van der Waals surface area (Å²) in [5, 5.41) is 6.90. The van der Waals surface area contributed by atoms with Gasteiger partial charge in [0.1, 0.15) is 0 Å². The Balaban J connectivity index is 0.00000144. The van der Waals surface area contributed by atoms with Gasteiger partial charge >= 0.3 is 0 Å². The molecule has 0 amide bonds. The average Bonchev–Trinajstić information content (AvgIpc) is 2.29. The Morgan fingerprint density at radius 3 is 2.94 bits per heavy atom. The molecule has 1 aliphatic rings. The van der Waals surface area contributed by atoms with Gasteiger partial charge in [-0.25, -0.2) is 4.98 Å². The van der Waals surface area contributed by atoms with E-state index in [9.17, 15) is 0 Å². The van der Waals surface area contributed by atoms with Gasteiger partial charge in [-0.3, -0.25) is 0 Å². The number of rotatable bonds is 3. The maximum Gasteiger partial charge on any atom is 0.215 e. The van der Waals surface area contributed by atoms with Crippen molar-refractivity contribution in [1.29, 1.82) is 0 Å². The van der Waals surface area contributed by atoms with Crippen LogP contribution < -0.4 is 15.4 Å². The van der Waals surface area contributed by atoms with Crippen LogP contribution in [-0.2, 0) is 0 Å². The van der Waals surface area contributed by atoms with Crippen LogP contribution in [0.3, 0.4) is 0 Å². The van der Waals surface area contributed by atoms with E-state index in [1.54, 1.807) is 7.11 Å². The van der Waals surface area contributed by atoms with Crippen molar-refractivity contribution in [3.8, 4) is 5.88 Å². The first-order valence-electron chi connectivity index (χ1n) is 5.78. The van der Waals surface area contributed by atoms with Crippen molar-refractivity contribution in [2.75, 3.05) is 25.5 Å². The van der Waals surface area contributed by atoms with Gasteiger partial charge in [-0.15, -0.1) is 0 Å². The molecule has 96 valence electrons. The molecule has 1 saturated heterocycles. The highest BCUT2D eigenvalue weighted by molar-refractivity contribution is 7.59. The van der Waals surface area contributed by atoms with Crippen molar-refractivity contribution in [2.45, 2.75) is 25.8 Å². The van der Waals surface area contributed by atoms with E-state index in [0.717, 1.165) is 24.5 Å². The minimum atomic E-state index is 0. The van der Waals surface area contributed by atoms with Crippen LogP contribution in [0.15, 0.2) is 12.1 Å². The molecule has 1 atom stereocenters. The van der Waals surface area contributed by atoms with Gasteiger partial charge in [0.15, 0.2) is 0 Å². The van der Waals surface area contributed by atoms with Gasteiger partial charge in [0.05, 0.1) is 7.11 Å². The number of hydrogen-bond acceptors (Lipinski definition) is 4. The lowest BCUT2D eigenvalue weighted by molar-refractivity contribution is 0.397. The molecule has 1 aromatic heterocycles. The quantitative estimate of drug-likeness (QED) is 0.862. The fourth-order valence-corrected chi connectivity index (χ4v) is 2.04. The second kappa shape index (κ2) is 6.71. The highest BCUT2D eigenvalue weighted by atomic mass is 32.1. The van der Waals surface area contributed by atoms with Crippen LogP contribution >= 0.6 is 13.5 Å². The summed E-state index contributed by atoms with van der Waals surface area (Å²) in [7, 11) is 1.65. The molecule has 1 aromatic rings. The van der Waals surface area contributed by atoms with Gasteiger partial charge in [0.2, 0.25) is 5.88 Å². The van der Waals surface area contributed by atoms with E-state index in [1.807, 2.05) is 13.0 Å². The van der Waals surface area contributed by atoms with E-state index in [-0.39, 0.29) is 13.5 Å². The zero-order valence-electron chi connectivity index (χ0n) is 10.4. The average molecular weight is 255 g/mol. The molecule has 5 heteroatoms. The number of piperidine rings is 1. The van der Waals surface area contributed by atoms with Crippen LogP contribution in [0.25, 0.3) is 0 Å². The Morgan fingerprint density at radius 2 is 2.29 bits per heavy atom. The maximum atomic E-state index is 5.16. The largest absolute Gasteiger partial charge is 0.481 e. The Bertz CT molecular complexity index is 354. The second-order valence-electron chi connectivity index (χ2n) is 4.23. The summed E-state index contributed by atoms with van der Waals surface area (Å²) in [6.07, 6.45) is 2.45. The van der Waals surface area contributed by atoms with Crippen LogP contribution in [0, 0.1) is 6.92 Å². The second-order valence-corrected chi connectivity index (χ2v) is 4.23. The van der Waals surface area contributed by atoms with E-state index in [4.69, 9.17) is 4.74 Å². The molecule has 0 unspecified atom stereocenters. The monoisotopic (exact) mass is 255 g/mol. The third-order valence-electron chi connectivity index (χ3n) is 2.81. The summed E-state index contributed by atoms with van der Waals surface area (Å²) in [6.45, 7) is 4.15. The molecular formula is C12H21N3OS. The molecular weight excluding hydrogens is 234 g/mol.